The van der Waals surface area contributed by atoms with Crippen LogP contribution >= 0.6 is 0 Å². The van der Waals surface area contributed by atoms with Gasteiger partial charge in [0.1, 0.15) is 11.2 Å². The Morgan fingerprint density at radius 3 is 2.07 bits per heavy atom. The topological polar surface area (TPSA) is 40.2 Å². The van der Waals surface area contributed by atoms with E-state index in [9.17, 15) is 5.26 Å². The number of anilines is 3. The van der Waals surface area contributed by atoms with Crippen molar-refractivity contribution in [2.24, 2.45) is 0 Å². The van der Waals surface area contributed by atoms with Gasteiger partial charge in [0.2, 0.25) is 0 Å². The first-order chi connectivity index (χ1) is 21.3. The highest BCUT2D eigenvalue weighted by Gasteiger charge is 2.36. The Kier molecular flexibility index (Phi) is 6.33. The van der Waals surface area contributed by atoms with Gasteiger partial charge in [0.05, 0.1) is 11.6 Å². The fraction of sp³-hybridized carbons (Fsp3) is 0.262. The summed E-state index contributed by atoms with van der Waals surface area (Å²) in [6.07, 6.45) is 0. The Labute approximate surface area is 266 Å². The highest BCUT2D eigenvalue weighted by atomic mass is 16.3. The molecular formula is C42H40N2O. The third-order valence-electron chi connectivity index (χ3n) is 9.55. The van der Waals surface area contributed by atoms with E-state index in [2.05, 4.69) is 145 Å². The molecule has 1 aromatic heterocycles. The molecule has 0 saturated carbocycles. The van der Waals surface area contributed by atoms with Crippen LogP contribution in [0.2, 0.25) is 0 Å². The second-order valence-electron chi connectivity index (χ2n) is 15.1. The molecule has 0 atom stereocenters. The van der Waals surface area contributed by atoms with Crippen molar-refractivity contribution in [3.8, 4) is 17.2 Å². The molecule has 0 spiro atoms. The van der Waals surface area contributed by atoms with Crippen LogP contribution in [0.4, 0.5) is 17.1 Å². The third-order valence-corrected chi connectivity index (χ3v) is 9.55. The summed E-state index contributed by atoms with van der Waals surface area (Å²) in [6, 6.07) is 36.9. The van der Waals surface area contributed by atoms with E-state index in [1.807, 2.05) is 18.2 Å². The summed E-state index contributed by atoms with van der Waals surface area (Å²) in [5, 5.41) is 12.0. The lowest BCUT2D eigenvalue weighted by Gasteiger charge is -2.28. The van der Waals surface area contributed by atoms with Crippen LogP contribution in [-0.4, -0.2) is 0 Å². The molecule has 0 N–H and O–H groups in total. The van der Waals surface area contributed by atoms with Gasteiger partial charge in [0.15, 0.2) is 0 Å². The zero-order valence-corrected chi connectivity index (χ0v) is 27.5. The lowest BCUT2D eigenvalue weighted by atomic mass is 9.79. The first-order valence-electron chi connectivity index (χ1n) is 15.8. The van der Waals surface area contributed by atoms with Gasteiger partial charge in [0, 0.05) is 38.8 Å². The predicted octanol–water partition coefficient (Wildman–Crippen LogP) is 11.8. The predicted molar refractivity (Wildman–Crippen MR) is 188 cm³/mol. The zero-order chi connectivity index (χ0) is 31.9. The monoisotopic (exact) mass is 588 g/mol. The molecule has 0 fully saturated rings. The maximum absolute atomic E-state index is 9.81. The van der Waals surface area contributed by atoms with Crippen molar-refractivity contribution in [1.82, 2.24) is 0 Å². The molecule has 1 aliphatic carbocycles. The van der Waals surface area contributed by atoms with Gasteiger partial charge in [-0.25, -0.2) is 0 Å². The highest BCUT2D eigenvalue weighted by Crippen LogP contribution is 2.51. The third kappa shape index (κ3) is 4.63. The maximum atomic E-state index is 9.81. The van der Waals surface area contributed by atoms with E-state index in [4.69, 9.17) is 4.42 Å². The van der Waals surface area contributed by atoms with Gasteiger partial charge in [-0.05, 0) is 93.2 Å². The molecular weight excluding hydrogens is 548 g/mol. The van der Waals surface area contributed by atoms with E-state index < -0.39 is 0 Å². The van der Waals surface area contributed by atoms with Gasteiger partial charge in [0.25, 0.3) is 0 Å². The van der Waals surface area contributed by atoms with Crippen molar-refractivity contribution in [2.45, 2.75) is 71.6 Å². The molecule has 0 amide bonds. The number of hydrogen-bond donors (Lipinski definition) is 0. The lowest BCUT2D eigenvalue weighted by molar-refractivity contribution is 0.559. The second kappa shape index (κ2) is 9.85. The van der Waals surface area contributed by atoms with Gasteiger partial charge < -0.3 is 9.32 Å². The van der Waals surface area contributed by atoms with Gasteiger partial charge in [-0.1, -0.05) is 97.9 Å². The minimum Gasteiger partial charge on any atom is -0.456 e. The molecule has 7 rings (SSSR count). The largest absolute Gasteiger partial charge is 0.456 e. The van der Waals surface area contributed by atoms with Crippen molar-refractivity contribution in [2.75, 3.05) is 4.90 Å². The van der Waals surface area contributed by atoms with E-state index in [1.165, 1.54) is 33.4 Å². The Morgan fingerprint density at radius 1 is 0.644 bits per heavy atom. The summed E-state index contributed by atoms with van der Waals surface area (Å²) in [5.41, 5.74) is 13.0. The van der Waals surface area contributed by atoms with Crippen molar-refractivity contribution >= 4 is 39.0 Å². The average molecular weight is 589 g/mol. The van der Waals surface area contributed by atoms with Gasteiger partial charge in [-0.2, -0.15) is 5.26 Å². The summed E-state index contributed by atoms with van der Waals surface area (Å²) in [7, 11) is 0. The smallest absolute Gasteiger partial charge is 0.139 e. The molecule has 224 valence electrons. The number of furan rings is 1. The Balaban J connectivity index is 1.48. The SMILES string of the molecule is CC(C)(C)c1cc(C(C)(C)C)c2oc3ccc(N(c4cccc(C#N)c4)c4ccc5c(c4)C(C)(C)c4ccccc4-5)cc3c2c1. The van der Waals surface area contributed by atoms with Gasteiger partial charge >= 0.3 is 0 Å². The average Bonchev–Trinajstić information content (AvgIpc) is 3.48. The van der Waals surface area contributed by atoms with E-state index >= 15 is 0 Å². The summed E-state index contributed by atoms with van der Waals surface area (Å²) in [4.78, 5) is 2.27. The first kappa shape index (κ1) is 28.9. The van der Waals surface area contributed by atoms with Crippen molar-refractivity contribution in [3.63, 3.8) is 0 Å². The van der Waals surface area contributed by atoms with Crippen molar-refractivity contribution < 1.29 is 4.42 Å². The normalized spacial score (nSPS) is 13.9. The summed E-state index contributed by atoms with van der Waals surface area (Å²) < 4.78 is 6.62. The Morgan fingerprint density at radius 2 is 1.33 bits per heavy atom. The standard InChI is InChI=1S/C42H40N2O/c1-40(2,3)27-21-34-33-23-29(17-19-38(33)45-39(34)37(22-27)41(4,5)6)44(28-13-11-12-26(20-28)25-43)30-16-18-32-31-14-9-10-15-35(31)42(7,8)36(32)24-30/h9-24H,1-8H3. The molecule has 3 nitrogen and oxygen atoms in total. The fourth-order valence-electron chi connectivity index (χ4n) is 6.99. The van der Waals surface area contributed by atoms with Gasteiger partial charge in [-0.15, -0.1) is 0 Å². The minimum atomic E-state index is -0.125. The van der Waals surface area contributed by atoms with Crippen molar-refractivity contribution in [3.05, 3.63) is 125 Å². The molecule has 0 bridgehead atoms. The van der Waals surface area contributed by atoms with Crippen LogP contribution in [0.5, 0.6) is 0 Å². The van der Waals surface area contributed by atoms with E-state index in [0.29, 0.717) is 5.56 Å². The number of nitrogens with zero attached hydrogens (tertiary/aromatic N) is 2. The fourth-order valence-corrected chi connectivity index (χ4v) is 6.99. The molecule has 0 aliphatic heterocycles. The molecule has 45 heavy (non-hydrogen) atoms. The van der Waals surface area contributed by atoms with Crippen LogP contribution in [-0.2, 0) is 16.2 Å². The van der Waals surface area contributed by atoms with Gasteiger partial charge in [-0.3, -0.25) is 0 Å². The van der Waals surface area contributed by atoms with Crippen LogP contribution in [0.1, 0.15) is 83.2 Å². The second-order valence-corrected chi connectivity index (χ2v) is 15.1. The maximum Gasteiger partial charge on any atom is 0.139 e. The van der Waals surface area contributed by atoms with E-state index in [0.717, 1.165) is 39.0 Å². The molecule has 0 radical (unpaired) electrons. The van der Waals surface area contributed by atoms with Crippen LogP contribution in [0.25, 0.3) is 33.1 Å². The van der Waals surface area contributed by atoms with Crippen LogP contribution in [0.3, 0.4) is 0 Å². The number of nitriles is 1. The Bertz CT molecular complexity index is 2180. The number of fused-ring (bicyclic) bond motifs is 6. The minimum absolute atomic E-state index is 0.00599. The molecule has 0 saturated heterocycles. The molecule has 1 aliphatic rings. The molecule has 0 unspecified atom stereocenters. The number of benzene rings is 5. The molecule has 3 heteroatoms. The summed E-state index contributed by atoms with van der Waals surface area (Å²) in [5.74, 6) is 0. The van der Waals surface area contributed by atoms with E-state index in [1.54, 1.807) is 0 Å². The number of hydrogen-bond acceptors (Lipinski definition) is 3. The van der Waals surface area contributed by atoms with E-state index in [-0.39, 0.29) is 16.2 Å². The zero-order valence-electron chi connectivity index (χ0n) is 27.5. The molecule has 6 aromatic rings. The summed E-state index contributed by atoms with van der Waals surface area (Å²) >= 11 is 0. The molecule has 5 aromatic carbocycles. The van der Waals surface area contributed by atoms with Crippen LogP contribution < -0.4 is 4.90 Å². The molecule has 1 heterocycles. The number of rotatable bonds is 3. The van der Waals surface area contributed by atoms with Crippen LogP contribution in [0.15, 0.2) is 101 Å². The summed E-state index contributed by atoms with van der Waals surface area (Å²) in [6.45, 7) is 18.2. The van der Waals surface area contributed by atoms with Crippen molar-refractivity contribution in [1.29, 1.82) is 5.26 Å². The highest BCUT2D eigenvalue weighted by molar-refractivity contribution is 6.08. The lowest BCUT2D eigenvalue weighted by Crippen LogP contribution is -2.16. The van der Waals surface area contributed by atoms with Crippen LogP contribution in [0, 0.1) is 11.3 Å². The quantitative estimate of drug-likeness (QED) is 0.206. The Hall–Kier alpha value is -4.81. The first-order valence-corrected chi connectivity index (χ1v) is 15.8.